The quantitative estimate of drug-likeness (QED) is 0.389. The van der Waals surface area contributed by atoms with Gasteiger partial charge in [-0.05, 0) is 37.7 Å². The zero-order valence-corrected chi connectivity index (χ0v) is 9.28. The summed E-state index contributed by atoms with van der Waals surface area (Å²) in [7, 11) is 0. The van der Waals surface area contributed by atoms with E-state index in [0.29, 0.717) is 5.92 Å². The normalized spacial score (nSPS) is 17.8. The number of unbranched alkanes of at least 4 members (excludes halogenated alkanes) is 2. The summed E-state index contributed by atoms with van der Waals surface area (Å²) in [6.07, 6.45) is 8.50. The molecule has 3 heteroatoms. The lowest BCUT2D eigenvalue weighted by molar-refractivity contribution is 0.731. The van der Waals surface area contributed by atoms with E-state index < -0.39 is 0 Å². The third kappa shape index (κ3) is 5.19. The van der Waals surface area contributed by atoms with Crippen molar-refractivity contribution in [2.75, 3.05) is 18.6 Å². The Morgan fingerprint density at radius 1 is 1.38 bits per heavy atom. The van der Waals surface area contributed by atoms with Crippen molar-refractivity contribution in [1.82, 2.24) is 0 Å². The van der Waals surface area contributed by atoms with Crippen LogP contribution in [0.3, 0.4) is 0 Å². The summed E-state index contributed by atoms with van der Waals surface area (Å²) >= 11 is 1.92. The summed E-state index contributed by atoms with van der Waals surface area (Å²) in [6, 6.07) is 0. The molecular formula is C10H20N2S. The first-order valence-electron chi connectivity index (χ1n) is 5.13. The van der Waals surface area contributed by atoms with Gasteiger partial charge in [0.25, 0.3) is 0 Å². The number of nitrogens with two attached hydrogens (primary N) is 1. The topological polar surface area (TPSA) is 38.4 Å². The largest absolute Gasteiger partial charge is 0.387 e. The third-order valence-corrected chi connectivity index (χ3v) is 2.99. The maximum Gasteiger partial charge on any atom is 0.0968 e. The minimum Gasteiger partial charge on any atom is -0.387 e. The molecule has 1 aliphatic carbocycles. The number of aliphatic imine (C=N–C) groups is 1. The molecule has 0 spiro atoms. The Morgan fingerprint density at radius 2 is 2.15 bits per heavy atom. The molecule has 0 aromatic rings. The number of thioether (sulfide) groups is 1. The standard InChI is InChI=1S/C10H20N2S/c1-13-8-4-2-3-7-12-10(11)9-5-6-9/h9H,2-8H2,1H3,(H2,11,12). The minimum atomic E-state index is 0.645. The van der Waals surface area contributed by atoms with Crippen molar-refractivity contribution in [2.24, 2.45) is 16.6 Å². The summed E-state index contributed by atoms with van der Waals surface area (Å²) in [5, 5.41) is 0. The molecular weight excluding hydrogens is 180 g/mol. The van der Waals surface area contributed by atoms with Gasteiger partial charge in [-0.15, -0.1) is 0 Å². The van der Waals surface area contributed by atoms with Crippen molar-refractivity contribution in [1.29, 1.82) is 0 Å². The maximum absolute atomic E-state index is 5.77. The Balaban J connectivity index is 1.90. The summed E-state index contributed by atoms with van der Waals surface area (Å²) < 4.78 is 0. The molecule has 2 nitrogen and oxygen atoms in total. The van der Waals surface area contributed by atoms with Crippen LogP contribution < -0.4 is 5.73 Å². The molecule has 1 saturated carbocycles. The molecule has 2 N–H and O–H groups in total. The molecule has 0 radical (unpaired) electrons. The van der Waals surface area contributed by atoms with E-state index in [1.807, 2.05) is 11.8 Å². The van der Waals surface area contributed by atoms with E-state index in [1.54, 1.807) is 0 Å². The number of nitrogens with zero attached hydrogens (tertiary/aromatic N) is 1. The van der Waals surface area contributed by atoms with Gasteiger partial charge in [-0.25, -0.2) is 0 Å². The van der Waals surface area contributed by atoms with E-state index in [1.165, 1.54) is 37.9 Å². The van der Waals surface area contributed by atoms with Crippen LogP contribution in [0.25, 0.3) is 0 Å². The Bertz CT molecular complexity index is 164. The van der Waals surface area contributed by atoms with Gasteiger partial charge >= 0.3 is 0 Å². The molecule has 0 aromatic heterocycles. The second-order valence-electron chi connectivity index (χ2n) is 3.63. The van der Waals surface area contributed by atoms with E-state index in [2.05, 4.69) is 11.2 Å². The van der Waals surface area contributed by atoms with Crippen LogP contribution in [-0.2, 0) is 0 Å². The average Bonchev–Trinajstić information content (AvgIpc) is 2.93. The van der Waals surface area contributed by atoms with E-state index in [4.69, 9.17) is 5.73 Å². The average molecular weight is 200 g/mol. The highest BCUT2D eigenvalue weighted by Gasteiger charge is 2.24. The van der Waals surface area contributed by atoms with Gasteiger partial charge in [-0.3, -0.25) is 4.99 Å². The van der Waals surface area contributed by atoms with Crippen LogP contribution in [0, 0.1) is 5.92 Å². The molecule has 13 heavy (non-hydrogen) atoms. The number of hydrogen-bond donors (Lipinski definition) is 1. The van der Waals surface area contributed by atoms with Gasteiger partial charge in [0.1, 0.15) is 0 Å². The first-order chi connectivity index (χ1) is 6.34. The van der Waals surface area contributed by atoms with Crippen LogP contribution >= 0.6 is 11.8 Å². The molecule has 0 atom stereocenters. The van der Waals surface area contributed by atoms with Crippen molar-refractivity contribution in [3.63, 3.8) is 0 Å². The summed E-state index contributed by atoms with van der Waals surface area (Å²) in [6.45, 7) is 0.941. The summed E-state index contributed by atoms with van der Waals surface area (Å²) in [4.78, 5) is 4.37. The molecule has 0 heterocycles. The Morgan fingerprint density at radius 3 is 2.77 bits per heavy atom. The zero-order chi connectivity index (χ0) is 9.52. The van der Waals surface area contributed by atoms with Crippen LogP contribution in [0.15, 0.2) is 4.99 Å². The second kappa shape index (κ2) is 6.30. The fourth-order valence-electron chi connectivity index (χ4n) is 1.25. The zero-order valence-electron chi connectivity index (χ0n) is 8.46. The number of amidine groups is 1. The van der Waals surface area contributed by atoms with E-state index in [0.717, 1.165) is 12.4 Å². The van der Waals surface area contributed by atoms with Crippen molar-refractivity contribution < 1.29 is 0 Å². The minimum absolute atomic E-state index is 0.645. The van der Waals surface area contributed by atoms with E-state index >= 15 is 0 Å². The lowest BCUT2D eigenvalue weighted by Gasteiger charge is -1.98. The summed E-state index contributed by atoms with van der Waals surface area (Å²) in [5.41, 5.74) is 5.77. The van der Waals surface area contributed by atoms with Crippen LogP contribution in [0.1, 0.15) is 32.1 Å². The smallest absolute Gasteiger partial charge is 0.0968 e. The molecule has 1 aliphatic rings. The molecule has 0 aliphatic heterocycles. The van der Waals surface area contributed by atoms with E-state index in [9.17, 15) is 0 Å². The summed E-state index contributed by atoms with van der Waals surface area (Å²) in [5.74, 6) is 2.83. The maximum atomic E-state index is 5.77. The highest BCUT2D eigenvalue weighted by atomic mass is 32.2. The molecule has 0 bridgehead atoms. The Labute approximate surface area is 85.4 Å². The third-order valence-electron chi connectivity index (χ3n) is 2.30. The van der Waals surface area contributed by atoms with Gasteiger partial charge in [-0.1, -0.05) is 6.42 Å². The Hall–Kier alpha value is -0.180. The fourth-order valence-corrected chi connectivity index (χ4v) is 1.74. The van der Waals surface area contributed by atoms with E-state index in [-0.39, 0.29) is 0 Å². The van der Waals surface area contributed by atoms with Crippen molar-refractivity contribution in [3.8, 4) is 0 Å². The van der Waals surface area contributed by atoms with Gasteiger partial charge in [0.15, 0.2) is 0 Å². The first kappa shape index (κ1) is 10.9. The van der Waals surface area contributed by atoms with Crippen LogP contribution in [0.5, 0.6) is 0 Å². The second-order valence-corrected chi connectivity index (χ2v) is 4.62. The fraction of sp³-hybridized carbons (Fsp3) is 0.900. The van der Waals surface area contributed by atoms with Crippen LogP contribution in [0.2, 0.25) is 0 Å². The van der Waals surface area contributed by atoms with Gasteiger partial charge in [0.05, 0.1) is 5.84 Å². The lowest BCUT2D eigenvalue weighted by Crippen LogP contribution is -2.14. The predicted molar refractivity (Wildman–Crippen MR) is 61.4 cm³/mol. The highest BCUT2D eigenvalue weighted by molar-refractivity contribution is 7.98. The van der Waals surface area contributed by atoms with Crippen LogP contribution in [0.4, 0.5) is 0 Å². The lowest BCUT2D eigenvalue weighted by atomic mass is 10.2. The van der Waals surface area contributed by atoms with Crippen molar-refractivity contribution in [2.45, 2.75) is 32.1 Å². The molecule has 1 rings (SSSR count). The van der Waals surface area contributed by atoms with Crippen LogP contribution in [-0.4, -0.2) is 24.4 Å². The van der Waals surface area contributed by atoms with Gasteiger partial charge < -0.3 is 5.73 Å². The SMILES string of the molecule is CSCCCCCN=C(N)C1CC1. The van der Waals surface area contributed by atoms with Crippen molar-refractivity contribution >= 4 is 17.6 Å². The molecule has 1 fully saturated rings. The van der Waals surface area contributed by atoms with Gasteiger partial charge in [0, 0.05) is 12.5 Å². The molecule has 0 unspecified atom stereocenters. The Kier molecular flexibility index (Phi) is 5.28. The monoisotopic (exact) mass is 200 g/mol. The highest BCUT2D eigenvalue weighted by Crippen LogP contribution is 2.28. The number of rotatable bonds is 7. The molecule has 76 valence electrons. The van der Waals surface area contributed by atoms with Crippen molar-refractivity contribution in [3.05, 3.63) is 0 Å². The molecule has 0 saturated heterocycles. The van der Waals surface area contributed by atoms with Gasteiger partial charge in [0.2, 0.25) is 0 Å². The predicted octanol–water partition coefficient (Wildman–Crippen LogP) is 2.29. The van der Waals surface area contributed by atoms with Gasteiger partial charge in [-0.2, -0.15) is 11.8 Å². The first-order valence-corrected chi connectivity index (χ1v) is 6.52. The number of hydrogen-bond acceptors (Lipinski definition) is 2. The molecule has 0 amide bonds. The molecule has 0 aromatic carbocycles.